The first-order valence-electron chi connectivity index (χ1n) is 18.3. The Morgan fingerprint density at radius 2 is 0.660 bits per heavy atom. The van der Waals surface area contributed by atoms with E-state index < -0.39 is 0 Å². The fraction of sp³-hybridized carbons (Fsp3) is 0. The Morgan fingerprint density at radius 1 is 0.245 bits per heavy atom. The van der Waals surface area contributed by atoms with Crippen molar-refractivity contribution in [2.45, 2.75) is 0 Å². The van der Waals surface area contributed by atoms with Gasteiger partial charge in [0.15, 0.2) is 0 Å². The first-order valence-corrected chi connectivity index (χ1v) is 18.3. The van der Waals surface area contributed by atoms with Crippen molar-refractivity contribution in [2.75, 3.05) is 4.90 Å². The van der Waals surface area contributed by atoms with Crippen LogP contribution < -0.4 is 4.90 Å². The third kappa shape index (κ3) is 5.34. The normalized spacial score (nSPS) is 11.4. The Labute approximate surface area is 309 Å². The van der Waals surface area contributed by atoms with Gasteiger partial charge in [0.1, 0.15) is 0 Å². The smallest absolute Gasteiger partial charge is 0.0540 e. The molecule has 0 aliphatic heterocycles. The number of rotatable bonds is 6. The molecule has 0 amide bonds. The number of anilines is 3. The Balaban J connectivity index is 1.15. The lowest BCUT2D eigenvalue weighted by Gasteiger charge is -2.27. The lowest BCUT2D eigenvalue weighted by atomic mass is 9.85. The number of nitrogens with zero attached hydrogens (tertiary/aromatic N) is 1. The van der Waals surface area contributed by atoms with E-state index in [0.717, 1.165) is 17.1 Å². The van der Waals surface area contributed by atoms with Crippen LogP contribution in [0.2, 0.25) is 0 Å². The van der Waals surface area contributed by atoms with Crippen molar-refractivity contribution in [3.63, 3.8) is 0 Å². The van der Waals surface area contributed by atoms with E-state index in [9.17, 15) is 0 Å². The molecule has 248 valence electrons. The summed E-state index contributed by atoms with van der Waals surface area (Å²) in [5.41, 5.74) is 10.7. The molecule has 0 radical (unpaired) electrons. The van der Waals surface area contributed by atoms with Crippen LogP contribution in [0.15, 0.2) is 212 Å². The fourth-order valence-corrected chi connectivity index (χ4v) is 8.22. The summed E-state index contributed by atoms with van der Waals surface area (Å²) in [4.78, 5) is 2.40. The molecule has 53 heavy (non-hydrogen) atoms. The van der Waals surface area contributed by atoms with Gasteiger partial charge in [-0.2, -0.15) is 0 Å². The summed E-state index contributed by atoms with van der Waals surface area (Å²) in [5, 5.41) is 10.0. The Morgan fingerprint density at radius 3 is 1.26 bits per heavy atom. The van der Waals surface area contributed by atoms with Crippen LogP contribution in [-0.4, -0.2) is 0 Å². The molecular weight excluding hydrogens is 639 g/mol. The maximum absolute atomic E-state index is 2.40. The van der Waals surface area contributed by atoms with Crippen LogP contribution in [0.25, 0.3) is 76.5 Å². The Hall–Kier alpha value is -6.96. The molecule has 10 aromatic rings. The van der Waals surface area contributed by atoms with Crippen LogP contribution in [0, 0.1) is 0 Å². The van der Waals surface area contributed by atoms with Crippen molar-refractivity contribution in [3.05, 3.63) is 212 Å². The quantitative estimate of drug-likeness (QED) is 0.159. The van der Waals surface area contributed by atoms with Crippen molar-refractivity contribution >= 4 is 60.2 Å². The second-order valence-electron chi connectivity index (χ2n) is 13.7. The van der Waals surface area contributed by atoms with Crippen molar-refractivity contribution in [1.29, 1.82) is 0 Å². The highest BCUT2D eigenvalue weighted by Gasteiger charge is 2.20. The molecule has 0 aliphatic rings. The maximum Gasteiger partial charge on any atom is 0.0540 e. The molecule has 0 saturated heterocycles. The van der Waals surface area contributed by atoms with Gasteiger partial charge in [-0.1, -0.05) is 182 Å². The summed E-state index contributed by atoms with van der Waals surface area (Å²) in [6, 6.07) is 77.2. The Kier molecular flexibility index (Phi) is 7.55. The molecule has 1 nitrogen and oxygen atoms in total. The van der Waals surface area contributed by atoms with Crippen LogP contribution >= 0.6 is 0 Å². The van der Waals surface area contributed by atoms with E-state index in [1.807, 2.05) is 0 Å². The minimum Gasteiger partial charge on any atom is -0.310 e. The van der Waals surface area contributed by atoms with Crippen LogP contribution in [0.4, 0.5) is 17.1 Å². The van der Waals surface area contributed by atoms with Gasteiger partial charge < -0.3 is 4.90 Å². The number of hydrogen-bond donors (Lipinski definition) is 0. The number of fused-ring (bicyclic) bond motifs is 5. The van der Waals surface area contributed by atoms with Crippen LogP contribution in [-0.2, 0) is 0 Å². The van der Waals surface area contributed by atoms with E-state index >= 15 is 0 Å². The molecular formula is C52H35N. The molecule has 0 saturated carbocycles. The van der Waals surface area contributed by atoms with Gasteiger partial charge in [-0.3, -0.25) is 0 Å². The van der Waals surface area contributed by atoms with Gasteiger partial charge in [0.05, 0.1) is 5.69 Å². The highest BCUT2D eigenvalue weighted by molar-refractivity contribution is 6.21. The van der Waals surface area contributed by atoms with E-state index in [4.69, 9.17) is 0 Å². The second kappa shape index (κ2) is 13.0. The predicted molar refractivity (Wildman–Crippen MR) is 227 cm³/mol. The molecule has 10 rings (SSSR count). The number of benzene rings is 10. The van der Waals surface area contributed by atoms with E-state index in [0.29, 0.717) is 0 Å². The lowest BCUT2D eigenvalue weighted by Crippen LogP contribution is -2.10. The molecule has 0 aliphatic carbocycles. The molecule has 0 aromatic heterocycles. The summed E-state index contributed by atoms with van der Waals surface area (Å²) < 4.78 is 0. The minimum absolute atomic E-state index is 1.11. The van der Waals surface area contributed by atoms with Crippen molar-refractivity contribution in [1.82, 2.24) is 0 Å². The molecule has 0 heterocycles. The fourth-order valence-electron chi connectivity index (χ4n) is 8.22. The van der Waals surface area contributed by atoms with Gasteiger partial charge in [0.25, 0.3) is 0 Å². The minimum atomic E-state index is 1.11. The third-order valence-corrected chi connectivity index (χ3v) is 10.6. The first kappa shape index (κ1) is 30.8. The molecule has 0 N–H and O–H groups in total. The molecule has 0 unspecified atom stereocenters. The van der Waals surface area contributed by atoms with E-state index in [2.05, 4.69) is 217 Å². The number of hydrogen-bond acceptors (Lipinski definition) is 1. The highest BCUT2D eigenvalue weighted by atomic mass is 15.1. The summed E-state index contributed by atoms with van der Waals surface area (Å²) in [7, 11) is 0. The monoisotopic (exact) mass is 673 g/mol. The zero-order valence-electron chi connectivity index (χ0n) is 29.2. The van der Waals surface area contributed by atoms with Crippen molar-refractivity contribution < 1.29 is 0 Å². The van der Waals surface area contributed by atoms with Gasteiger partial charge >= 0.3 is 0 Å². The van der Waals surface area contributed by atoms with Gasteiger partial charge in [-0.15, -0.1) is 0 Å². The lowest BCUT2D eigenvalue weighted by molar-refractivity contribution is 1.30. The second-order valence-corrected chi connectivity index (χ2v) is 13.7. The van der Waals surface area contributed by atoms with E-state index in [-0.39, 0.29) is 0 Å². The summed E-state index contributed by atoms with van der Waals surface area (Å²) in [6.07, 6.45) is 0. The molecule has 10 aromatic carbocycles. The summed E-state index contributed by atoms with van der Waals surface area (Å²) in [5.74, 6) is 0. The largest absolute Gasteiger partial charge is 0.310 e. The Bertz CT molecular complexity index is 2910. The molecule has 0 fully saturated rings. The summed E-state index contributed by atoms with van der Waals surface area (Å²) >= 11 is 0. The van der Waals surface area contributed by atoms with Crippen LogP contribution in [0.3, 0.4) is 0 Å². The topological polar surface area (TPSA) is 3.24 Å². The molecule has 1 heteroatoms. The average Bonchev–Trinajstić information content (AvgIpc) is 3.24. The standard InChI is InChI=1S/C52H35N/c1-2-16-39(17-3-1)51-48-24-10-8-22-46(48)47-23-9-11-25-49(47)52(51)40-30-34-42(35-31-40)53(50-27-13-19-37-15-5-7-21-45(37)50)41-32-28-38(29-33-41)44-26-12-18-36-14-4-6-20-43(36)44/h1-35H. The zero-order valence-corrected chi connectivity index (χ0v) is 29.2. The predicted octanol–water partition coefficient (Wildman–Crippen LogP) is 14.8. The van der Waals surface area contributed by atoms with E-state index in [1.165, 1.54) is 76.5 Å². The van der Waals surface area contributed by atoms with Gasteiger partial charge in [-0.25, -0.2) is 0 Å². The van der Waals surface area contributed by atoms with Crippen LogP contribution in [0.1, 0.15) is 0 Å². The zero-order chi connectivity index (χ0) is 35.1. The van der Waals surface area contributed by atoms with Gasteiger partial charge in [0.2, 0.25) is 0 Å². The first-order chi connectivity index (χ1) is 26.3. The molecule has 0 atom stereocenters. The third-order valence-electron chi connectivity index (χ3n) is 10.6. The van der Waals surface area contributed by atoms with E-state index in [1.54, 1.807) is 0 Å². The maximum atomic E-state index is 2.40. The van der Waals surface area contributed by atoms with Crippen molar-refractivity contribution in [2.24, 2.45) is 0 Å². The highest BCUT2D eigenvalue weighted by Crippen LogP contribution is 2.46. The van der Waals surface area contributed by atoms with Gasteiger partial charge in [0, 0.05) is 16.8 Å². The molecule has 0 bridgehead atoms. The molecule has 0 spiro atoms. The summed E-state index contributed by atoms with van der Waals surface area (Å²) in [6.45, 7) is 0. The van der Waals surface area contributed by atoms with Crippen molar-refractivity contribution in [3.8, 4) is 33.4 Å². The van der Waals surface area contributed by atoms with Crippen LogP contribution in [0.5, 0.6) is 0 Å². The van der Waals surface area contributed by atoms with Gasteiger partial charge in [-0.05, 0) is 101 Å². The average molecular weight is 674 g/mol. The SMILES string of the molecule is c1ccc(-c2c(-c3ccc(N(c4ccc(-c5cccc6ccccc56)cc4)c4cccc5ccccc45)cc3)c3ccccc3c3ccccc23)cc1.